The number of halogens is 2. The van der Waals surface area contributed by atoms with Gasteiger partial charge in [-0.05, 0) is 54.7 Å². The number of carbonyl (C=O) groups excluding carboxylic acids is 2. The molecule has 2 aromatic carbocycles. The monoisotopic (exact) mass is 441 g/mol. The van der Waals surface area contributed by atoms with Crippen molar-refractivity contribution in [2.45, 2.75) is 38.3 Å². The van der Waals surface area contributed by atoms with Crippen molar-refractivity contribution in [1.29, 1.82) is 0 Å². The molecule has 1 aliphatic carbocycles. The van der Waals surface area contributed by atoms with Crippen LogP contribution in [0.25, 0.3) is 0 Å². The molecule has 0 spiro atoms. The fourth-order valence-electron chi connectivity index (χ4n) is 4.85. The largest absolute Gasteiger partial charge is 0.351 e. The second-order valence-electron chi connectivity index (χ2n) is 8.67. The van der Waals surface area contributed by atoms with E-state index in [1.54, 1.807) is 29.2 Å². The molecule has 0 radical (unpaired) electrons. The van der Waals surface area contributed by atoms with E-state index < -0.39 is 5.82 Å². The van der Waals surface area contributed by atoms with Gasteiger partial charge in [0.2, 0.25) is 5.91 Å². The molecule has 32 heavy (non-hydrogen) atoms. The Labute approximate surface area is 187 Å². The molecule has 7 heteroatoms. The average Bonchev–Trinajstić information content (AvgIpc) is 3.33. The highest BCUT2D eigenvalue weighted by molar-refractivity contribution is 5.94. The Morgan fingerprint density at radius 1 is 0.938 bits per heavy atom. The molecular weight excluding hydrogens is 412 g/mol. The Morgan fingerprint density at radius 2 is 1.62 bits per heavy atom. The number of nitrogens with one attached hydrogen (secondary N) is 1. The summed E-state index contributed by atoms with van der Waals surface area (Å²) in [5.41, 5.74) is 1.21. The highest BCUT2D eigenvalue weighted by atomic mass is 19.1. The van der Waals surface area contributed by atoms with Crippen molar-refractivity contribution in [3.05, 3.63) is 71.3 Å². The van der Waals surface area contributed by atoms with Gasteiger partial charge in [0.25, 0.3) is 5.91 Å². The van der Waals surface area contributed by atoms with Gasteiger partial charge in [-0.15, -0.1) is 0 Å². The van der Waals surface area contributed by atoms with Crippen LogP contribution in [0.2, 0.25) is 0 Å². The van der Waals surface area contributed by atoms with E-state index in [2.05, 4.69) is 10.2 Å². The standard InChI is InChI=1S/C25H29F2N3O2/c26-21-10-8-18(9-11-21)17-28-24(31)23(19-4-1-2-5-19)29-12-14-30(15-13-29)25(32)20-6-3-7-22(27)16-20/h3,6-11,16,19,23H,1-2,4-5,12-15,17H2,(H,28,31)/t23-/m0/s1. The third-order valence-corrected chi connectivity index (χ3v) is 6.56. The number of carbonyl (C=O) groups is 2. The second-order valence-corrected chi connectivity index (χ2v) is 8.67. The Hall–Kier alpha value is -2.80. The molecule has 2 aliphatic rings. The van der Waals surface area contributed by atoms with Gasteiger partial charge in [0, 0.05) is 38.3 Å². The molecule has 1 atom stereocenters. The lowest BCUT2D eigenvalue weighted by molar-refractivity contribution is -0.129. The van der Waals surface area contributed by atoms with E-state index in [1.165, 1.54) is 24.3 Å². The highest BCUT2D eigenvalue weighted by Gasteiger charge is 2.37. The molecule has 5 nitrogen and oxygen atoms in total. The number of amides is 2. The Bertz CT molecular complexity index is 936. The molecule has 1 aliphatic heterocycles. The summed E-state index contributed by atoms with van der Waals surface area (Å²) in [7, 11) is 0. The van der Waals surface area contributed by atoms with Gasteiger partial charge in [-0.1, -0.05) is 31.0 Å². The molecule has 170 valence electrons. The van der Waals surface area contributed by atoms with Crippen molar-refractivity contribution in [2.24, 2.45) is 5.92 Å². The van der Waals surface area contributed by atoms with Gasteiger partial charge in [-0.3, -0.25) is 14.5 Å². The average molecular weight is 442 g/mol. The number of piperazine rings is 1. The first-order valence-corrected chi connectivity index (χ1v) is 11.3. The predicted molar refractivity (Wildman–Crippen MR) is 118 cm³/mol. The van der Waals surface area contributed by atoms with Gasteiger partial charge in [-0.25, -0.2) is 8.78 Å². The van der Waals surface area contributed by atoms with E-state index >= 15 is 0 Å². The lowest BCUT2D eigenvalue weighted by Crippen LogP contribution is -2.57. The topological polar surface area (TPSA) is 52.7 Å². The van der Waals surface area contributed by atoms with Crippen LogP contribution >= 0.6 is 0 Å². The molecule has 2 aromatic rings. The van der Waals surface area contributed by atoms with Crippen molar-refractivity contribution < 1.29 is 18.4 Å². The normalized spacial score (nSPS) is 18.5. The lowest BCUT2D eigenvalue weighted by Gasteiger charge is -2.40. The molecule has 2 amide bonds. The van der Waals surface area contributed by atoms with Crippen LogP contribution in [0.3, 0.4) is 0 Å². The Balaban J connectivity index is 1.38. The summed E-state index contributed by atoms with van der Waals surface area (Å²) >= 11 is 0. The number of rotatable bonds is 6. The molecule has 0 unspecified atom stereocenters. The van der Waals surface area contributed by atoms with Crippen molar-refractivity contribution in [3.63, 3.8) is 0 Å². The number of hydrogen-bond donors (Lipinski definition) is 1. The molecule has 1 N–H and O–H groups in total. The highest BCUT2D eigenvalue weighted by Crippen LogP contribution is 2.31. The van der Waals surface area contributed by atoms with E-state index in [-0.39, 0.29) is 23.7 Å². The summed E-state index contributed by atoms with van der Waals surface area (Å²) < 4.78 is 26.6. The van der Waals surface area contributed by atoms with E-state index in [9.17, 15) is 18.4 Å². The van der Waals surface area contributed by atoms with Gasteiger partial charge in [0.1, 0.15) is 11.6 Å². The number of hydrogen-bond acceptors (Lipinski definition) is 3. The van der Waals surface area contributed by atoms with Crippen LogP contribution in [0.4, 0.5) is 8.78 Å². The zero-order valence-electron chi connectivity index (χ0n) is 18.1. The predicted octanol–water partition coefficient (Wildman–Crippen LogP) is 3.60. The van der Waals surface area contributed by atoms with E-state index in [1.807, 2.05) is 0 Å². The van der Waals surface area contributed by atoms with Gasteiger partial charge in [0.05, 0.1) is 6.04 Å². The number of nitrogens with zero attached hydrogens (tertiary/aromatic N) is 2. The van der Waals surface area contributed by atoms with Crippen LogP contribution in [-0.4, -0.2) is 53.8 Å². The number of benzene rings is 2. The maximum absolute atomic E-state index is 13.5. The molecule has 2 fully saturated rings. The van der Waals surface area contributed by atoms with E-state index in [0.29, 0.717) is 44.2 Å². The van der Waals surface area contributed by atoms with Crippen LogP contribution in [0.1, 0.15) is 41.6 Å². The molecule has 4 rings (SSSR count). The molecule has 0 aromatic heterocycles. The third kappa shape index (κ3) is 5.33. The van der Waals surface area contributed by atoms with Crippen LogP contribution in [-0.2, 0) is 11.3 Å². The summed E-state index contributed by atoms with van der Waals surface area (Å²) in [6.45, 7) is 2.58. The second kappa shape index (κ2) is 10.2. The smallest absolute Gasteiger partial charge is 0.254 e. The first-order chi connectivity index (χ1) is 15.5. The fourth-order valence-corrected chi connectivity index (χ4v) is 4.85. The zero-order chi connectivity index (χ0) is 22.5. The summed E-state index contributed by atoms with van der Waals surface area (Å²) in [6.07, 6.45) is 4.31. The summed E-state index contributed by atoms with van der Waals surface area (Å²) in [4.78, 5) is 29.8. The Kier molecular flexibility index (Phi) is 7.15. The van der Waals surface area contributed by atoms with E-state index in [0.717, 1.165) is 31.2 Å². The maximum atomic E-state index is 13.5. The van der Waals surface area contributed by atoms with Gasteiger partial charge < -0.3 is 10.2 Å². The third-order valence-electron chi connectivity index (χ3n) is 6.56. The van der Waals surface area contributed by atoms with Crippen LogP contribution in [0.5, 0.6) is 0 Å². The minimum atomic E-state index is -0.423. The van der Waals surface area contributed by atoms with Gasteiger partial charge >= 0.3 is 0 Å². The minimum absolute atomic E-state index is 0.00821. The van der Waals surface area contributed by atoms with Crippen molar-refractivity contribution in [1.82, 2.24) is 15.1 Å². The molecule has 1 saturated heterocycles. The summed E-state index contributed by atoms with van der Waals surface area (Å²) in [6, 6.07) is 11.7. The van der Waals surface area contributed by atoms with Crippen molar-refractivity contribution in [3.8, 4) is 0 Å². The fraction of sp³-hybridized carbons (Fsp3) is 0.440. The van der Waals surface area contributed by atoms with Crippen molar-refractivity contribution in [2.75, 3.05) is 26.2 Å². The minimum Gasteiger partial charge on any atom is -0.351 e. The van der Waals surface area contributed by atoms with Gasteiger partial charge in [0.15, 0.2) is 0 Å². The summed E-state index contributed by atoms with van der Waals surface area (Å²) in [5.74, 6) is -0.606. The van der Waals surface area contributed by atoms with Gasteiger partial charge in [-0.2, -0.15) is 0 Å². The molecule has 1 heterocycles. The molecule has 1 saturated carbocycles. The quantitative estimate of drug-likeness (QED) is 0.745. The Morgan fingerprint density at radius 3 is 2.28 bits per heavy atom. The SMILES string of the molecule is O=C(NCc1ccc(F)cc1)[C@H](C1CCCC1)N1CCN(C(=O)c2cccc(F)c2)CC1. The zero-order valence-corrected chi connectivity index (χ0v) is 18.1. The summed E-state index contributed by atoms with van der Waals surface area (Å²) in [5, 5.41) is 3.03. The lowest BCUT2D eigenvalue weighted by atomic mass is 9.94. The van der Waals surface area contributed by atoms with Crippen LogP contribution in [0, 0.1) is 17.6 Å². The first-order valence-electron chi connectivity index (χ1n) is 11.3. The maximum Gasteiger partial charge on any atom is 0.254 e. The van der Waals surface area contributed by atoms with Crippen LogP contribution in [0.15, 0.2) is 48.5 Å². The molecule has 0 bridgehead atoms. The van der Waals surface area contributed by atoms with Crippen LogP contribution < -0.4 is 5.32 Å². The van der Waals surface area contributed by atoms with Crippen molar-refractivity contribution >= 4 is 11.8 Å². The first kappa shape index (κ1) is 22.4. The molecular formula is C25H29F2N3O2. The van der Waals surface area contributed by atoms with E-state index in [4.69, 9.17) is 0 Å².